The van der Waals surface area contributed by atoms with Gasteiger partial charge in [0.2, 0.25) is 10.0 Å². The van der Waals surface area contributed by atoms with E-state index in [2.05, 4.69) is 4.98 Å². The predicted molar refractivity (Wildman–Crippen MR) is 137 cm³/mol. The lowest BCUT2D eigenvalue weighted by molar-refractivity contribution is 0.205. The molecule has 0 bridgehead atoms. The molecule has 0 spiro atoms. The molecule has 0 saturated carbocycles. The smallest absolute Gasteiger partial charge is 0.245 e. The third kappa shape index (κ3) is 4.77. The number of hydrogen-bond donors (Lipinski definition) is 1. The Morgan fingerprint density at radius 3 is 2.47 bits per heavy atom. The van der Waals surface area contributed by atoms with Crippen LogP contribution in [0, 0.1) is 23.0 Å². The lowest BCUT2D eigenvalue weighted by atomic mass is 9.69. The standard InChI is InChI=1S/C26H27Cl2F2N3O2S/c1-25(2,3)13-16-15-33(36(34,35)18-6-5-11-32-14-18)24(19-7-4-8-21(28)23(19)30)26(16,31)20-10-9-17(27)12-22(20)29/h4-12,14,16,24H,13,15,31H2,1-3H3/t16-,24-,26+/m1/s1. The number of pyridine rings is 1. The summed E-state index contributed by atoms with van der Waals surface area (Å²) in [6.45, 7) is 5.89. The van der Waals surface area contributed by atoms with E-state index in [1.54, 1.807) is 0 Å². The molecule has 1 aromatic heterocycles. The van der Waals surface area contributed by atoms with Crippen LogP contribution >= 0.6 is 23.2 Å². The normalized spacial score (nSPS) is 23.2. The number of rotatable bonds is 5. The van der Waals surface area contributed by atoms with Crippen LogP contribution in [0.25, 0.3) is 0 Å². The van der Waals surface area contributed by atoms with Gasteiger partial charge in [-0.3, -0.25) is 4.98 Å². The fraction of sp³-hybridized carbons (Fsp3) is 0.346. The molecule has 1 aliphatic heterocycles. The van der Waals surface area contributed by atoms with Crippen molar-refractivity contribution in [1.82, 2.24) is 9.29 Å². The highest BCUT2D eigenvalue weighted by Crippen LogP contribution is 2.55. The van der Waals surface area contributed by atoms with Crippen molar-refractivity contribution in [3.63, 3.8) is 0 Å². The van der Waals surface area contributed by atoms with Gasteiger partial charge < -0.3 is 5.73 Å². The lowest BCUT2D eigenvalue weighted by Gasteiger charge is -2.40. The van der Waals surface area contributed by atoms with Gasteiger partial charge in [-0.15, -0.1) is 0 Å². The summed E-state index contributed by atoms with van der Waals surface area (Å²) < 4.78 is 60.1. The maximum absolute atomic E-state index is 15.6. The molecule has 2 heterocycles. The van der Waals surface area contributed by atoms with Crippen LogP contribution in [0.5, 0.6) is 0 Å². The Morgan fingerprint density at radius 2 is 1.86 bits per heavy atom. The van der Waals surface area contributed by atoms with Crippen LogP contribution in [0.4, 0.5) is 8.78 Å². The minimum Gasteiger partial charge on any atom is -0.319 e. The fourth-order valence-corrected chi connectivity index (χ4v) is 7.13. The Morgan fingerprint density at radius 1 is 1.14 bits per heavy atom. The maximum atomic E-state index is 15.6. The highest BCUT2D eigenvalue weighted by molar-refractivity contribution is 7.89. The second-order valence-corrected chi connectivity index (χ2v) is 13.1. The molecular weight excluding hydrogens is 527 g/mol. The summed E-state index contributed by atoms with van der Waals surface area (Å²) in [7, 11) is -4.22. The number of nitrogens with zero attached hydrogens (tertiary/aromatic N) is 2. The van der Waals surface area contributed by atoms with Gasteiger partial charge in [-0.2, -0.15) is 4.31 Å². The van der Waals surface area contributed by atoms with Gasteiger partial charge >= 0.3 is 0 Å². The molecule has 1 saturated heterocycles. The van der Waals surface area contributed by atoms with E-state index in [0.29, 0.717) is 6.42 Å². The van der Waals surface area contributed by atoms with Crippen molar-refractivity contribution in [2.45, 2.75) is 43.7 Å². The number of hydrogen-bond acceptors (Lipinski definition) is 4. The van der Waals surface area contributed by atoms with Gasteiger partial charge in [-0.1, -0.05) is 62.2 Å². The summed E-state index contributed by atoms with van der Waals surface area (Å²) in [5.74, 6) is -2.09. The van der Waals surface area contributed by atoms with E-state index >= 15 is 8.78 Å². The average Bonchev–Trinajstić information content (AvgIpc) is 3.08. The summed E-state index contributed by atoms with van der Waals surface area (Å²) >= 11 is 12.1. The van der Waals surface area contributed by atoms with Crippen molar-refractivity contribution in [3.8, 4) is 0 Å². The van der Waals surface area contributed by atoms with Crippen LogP contribution in [0.3, 0.4) is 0 Å². The summed E-state index contributed by atoms with van der Waals surface area (Å²) in [6, 6.07) is 9.99. The van der Waals surface area contributed by atoms with Crippen molar-refractivity contribution in [2.24, 2.45) is 17.1 Å². The quantitative estimate of drug-likeness (QED) is 0.401. The molecule has 0 unspecified atom stereocenters. The molecule has 4 rings (SSSR count). The van der Waals surface area contributed by atoms with E-state index in [-0.39, 0.29) is 38.0 Å². The molecule has 3 atom stereocenters. The van der Waals surface area contributed by atoms with Gasteiger partial charge in [0.15, 0.2) is 0 Å². The summed E-state index contributed by atoms with van der Waals surface area (Å²) in [4.78, 5) is 3.87. The Bertz CT molecular complexity index is 1380. The number of sulfonamides is 1. The van der Waals surface area contributed by atoms with E-state index < -0.39 is 39.2 Å². The van der Waals surface area contributed by atoms with E-state index in [9.17, 15) is 8.42 Å². The van der Waals surface area contributed by atoms with Crippen molar-refractivity contribution < 1.29 is 17.2 Å². The highest BCUT2D eigenvalue weighted by atomic mass is 35.5. The van der Waals surface area contributed by atoms with E-state index in [1.807, 2.05) is 20.8 Å². The van der Waals surface area contributed by atoms with Gasteiger partial charge in [0, 0.05) is 35.1 Å². The lowest BCUT2D eigenvalue weighted by Crippen LogP contribution is -2.49. The van der Waals surface area contributed by atoms with Crippen LogP contribution < -0.4 is 5.73 Å². The molecule has 1 fully saturated rings. The summed E-state index contributed by atoms with van der Waals surface area (Å²) in [5.41, 5.74) is 5.19. The van der Waals surface area contributed by atoms with Crippen LogP contribution in [0.2, 0.25) is 10.0 Å². The molecule has 0 aliphatic carbocycles. The highest BCUT2D eigenvalue weighted by Gasteiger charge is 2.59. The number of aromatic nitrogens is 1. The van der Waals surface area contributed by atoms with Crippen molar-refractivity contribution >= 4 is 33.2 Å². The Kier molecular flexibility index (Phi) is 7.22. The molecule has 2 N–H and O–H groups in total. The second-order valence-electron chi connectivity index (χ2n) is 10.3. The second kappa shape index (κ2) is 9.65. The van der Waals surface area contributed by atoms with Gasteiger partial charge in [-0.05, 0) is 48.1 Å². The van der Waals surface area contributed by atoms with Crippen LogP contribution in [0.15, 0.2) is 65.8 Å². The average molecular weight is 554 g/mol. The molecular formula is C26H27Cl2F2N3O2S. The first-order chi connectivity index (χ1) is 16.8. The van der Waals surface area contributed by atoms with Crippen molar-refractivity contribution in [2.75, 3.05) is 6.54 Å². The number of benzene rings is 2. The van der Waals surface area contributed by atoms with E-state index in [4.69, 9.17) is 28.9 Å². The molecule has 2 aromatic carbocycles. The molecule has 0 amide bonds. The summed E-state index contributed by atoms with van der Waals surface area (Å²) in [6.07, 6.45) is 3.11. The van der Waals surface area contributed by atoms with Crippen LogP contribution in [0.1, 0.15) is 44.4 Å². The Labute approximate surface area is 220 Å². The van der Waals surface area contributed by atoms with Crippen molar-refractivity contribution in [1.29, 1.82) is 0 Å². The van der Waals surface area contributed by atoms with Gasteiger partial charge in [0.05, 0.1) is 16.6 Å². The molecule has 36 heavy (non-hydrogen) atoms. The van der Waals surface area contributed by atoms with Gasteiger partial charge in [-0.25, -0.2) is 17.2 Å². The first-order valence-electron chi connectivity index (χ1n) is 11.4. The molecule has 5 nitrogen and oxygen atoms in total. The van der Waals surface area contributed by atoms with Gasteiger partial charge in [0.25, 0.3) is 0 Å². The van der Waals surface area contributed by atoms with E-state index in [1.165, 1.54) is 54.9 Å². The zero-order chi connectivity index (χ0) is 26.5. The zero-order valence-electron chi connectivity index (χ0n) is 20.1. The van der Waals surface area contributed by atoms with Crippen LogP contribution in [-0.4, -0.2) is 24.3 Å². The minimum absolute atomic E-state index is 0.0387. The SMILES string of the molecule is CC(C)(C)C[C@@H]1CN(S(=O)(=O)c2cccnc2)[C@H](c2cccc(Cl)c2F)[C@@]1(N)c1ccc(Cl)cc1F. The monoisotopic (exact) mass is 553 g/mol. The van der Waals surface area contributed by atoms with Gasteiger partial charge in [0.1, 0.15) is 16.5 Å². The minimum atomic E-state index is -4.22. The predicted octanol–water partition coefficient (Wildman–Crippen LogP) is 6.32. The molecule has 192 valence electrons. The van der Waals surface area contributed by atoms with Crippen molar-refractivity contribution in [3.05, 3.63) is 93.7 Å². The molecule has 3 aromatic rings. The number of nitrogens with two attached hydrogens (primary N) is 1. The largest absolute Gasteiger partial charge is 0.319 e. The number of halogens is 4. The third-order valence-electron chi connectivity index (χ3n) is 6.59. The topological polar surface area (TPSA) is 76.3 Å². The fourth-order valence-electron chi connectivity index (χ4n) is 5.13. The molecule has 10 heteroatoms. The zero-order valence-corrected chi connectivity index (χ0v) is 22.4. The molecule has 1 aliphatic rings. The Hall–Kier alpha value is -2.10. The van der Waals surface area contributed by atoms with E-state index in [0.717, 1.165) is 10.4 Å². The maximum Gasteiger partial charge on any atom is 0.245 e. The third-order valence-corrected chi connectivity index (χ3v) is 8.93. The summed E-state index contributed by atoms with van der Waals surface area (Å²) in [5, 5.41) is -0.0278. The first kappa shape index (κ1) is 26.9. The van der Waals surface area contributed by atoms with Crippen LogP contribution in [-0.2, 0) is 15.6 Å². The Balaban J connectivity index is 2.04. The molecule has 0 radical (unpaired) electrons. The first-order valence-corrected chi connectivity index (χ1v) is 13.6.